The predicted octanol–water partition coefficient (Wildman–Crippen LogP) is 2.51. The minimum absolute atomic E-state index is 0.172. The summed E-state index contributed by atoms with van der Waals surface area (Å²) >= 11 is 6.10. The van der Waals surface area contributed by atoms with E-state index in [2.05, 4.69) is 18.3 Å². The second-order valence-corrected chi connectivity index (χ2v) is 4.04. The maximum absolute atomic E-state index is 6.10. The Morgan fingerprint density at radius 1 is 1.40 bits per heavy atom. The lowest BCUT2D eigenvalue weighted by Crippen LogP contribution is -2.38. The van der Waals surface area contributed by atoms with Crippen LogP contribution in [-0.4, -0.2) is 26.3 Å². The van der Waals surface area contributed by atoms with E-state index in [1.807, 2.05) is 25.2 Å². The van der Waals surface area contributed by atoms with Crippen molar-refractivity contribution in [3.63, 3.8) is 0 Å². The van der Waals surface area contributed by atoms with Crippen LogP contribution in [0.2, 0.25) is 5.02 Å². The van der Waals surface area contributed by atoms with Crippen molar-refractivity contribution in [2.45, 2.75) is 25.5 Å². The summed E-state index contributed by atoms with van der Waals surface area (Å²) in [7, 11) is 3.67. The molecule has 3 heteroatoms. The lowest BCUT2D eigenvalue weighted by Gasteiger charge is -2.22. The van der Waals surface area contributed by atoms with Crippen LogP contribution >= 0.6 is 11.6 Å². The smallest absolute Gasteiger partial charge is 0.0699 e. The van der Waals surface area contributed by atoms with Gasteiger partial charge in [-0.25, -0.2) is 0 Å². The zero-order valence-electron chi connectivity index (χ0n) is 9.46. The maximum atomic E-state index is 6.10. The molecule has 1 rings (SSSR count). The van der Waals surface area contributed by atoms with Crippen LogP contribution < -0.4 is 5.32 Å². The molecule has 0 saturated carbocycles. The molecule has 1 aromatic rings. The van der Waals surface area contributed by atoms with E-state index in [0.717, 1.165) is 17.0 Å². The maximum Gasteiger partial charge on any atom is 0.0699 e. The van der Waals surface area contributed by atoms with Crippen LogP contribution in [0.3, 0.4) is 0 Å². The number of methoxy groups -OCH3 is 1. The Labute approximate surface area is 96.6 Å². The number of likely N-dealkylation sites (N-methyl/N-ethyl adjacent to an activating group) is 1. The largest absolute Gasteiger partial charge is 0.380 e. The highest BCUT2D eigenvalue weighted by molar-refractivity contribution is 6.31. The van der Waals surface area contributed by atoms with Crippen molar-refractivity contribution in [1.29, 1.82) is 0 Å². The fourth-order valence-electron chi connectivity index (χ4n) is 1.57. The van der Waals surface area contributed by atoms with Crippen LogP contribution in [0, 0.1) is 0 Å². The van der Waals surface area contributed by atoms with Crippen molar-refractivity contribution in [1.82, 2.24) is 5.32 Å². The topological polar surface area (TPSA) is 21.3 Å². The SMILES string of the molecule is CNC(Cc1ccccc1Cl)C(C)OC. The van der Waals surface area contributed by atoms with E-state index >= 15 is 0 Å². The summed E-state index contributed by atoms with van der Waals surface area (Å²) in [4.78, 5) is 0. The lowest BCUT2D eigenvalue weighted by atomic mass is 10.0. The second-order valence-electron chi connectivity index (χ2n) is 3.63. The zero-order chi connectivity index (χ0) is 11.3. The van der Waals surface area contributed by atoms with Gasteiger partial charge in [0.2, 0.25) is 0 Å². The molecule has 0 aliphatic rings. The van der Waals surface area contributed by atoms with Gasteiger partial charge >= 0.3 is 0 Å². The van der Waals surface area contributed by atoms with Gasteiger partial charge < -0.3 is 10.1 Å². The third-order valence-electron chi connectivity index (χ3n) is 2.71. The summed E-state index contributed by atoms with van der Waals surface area (Å²) < 4.78 is 5.31. The van der Waals surface area contributed by atoms with Crippen molar-refractivity contribution in [3.05, 3.63) is 34.9 Å². The summed E-state index contributed by atoms with van der Waals surface area (Å²) in [6, 6.07) is 8.21. The number of benzene rings is 1. The summed E-state index contributed by atoms with van der Waals surface area (Å²) in [5.41, 5.74) is 1.16. The number of hydrogen-bond acceptors (Lipinski definition) is 2. The van der Waals surface area contributed by atoms with E-state index in [1.165, 1.54) is 0 Å². The average molecular weight is 228 g/mol. The van der Waals surface area contributed by atoms with Crippen LogP contribution in [0.15, 0.2) is 24.3 Å². The van der Waals surface area contributed by atoms with E-state index in [-0.39, 0.29) is 12.1 Å². The van der Waals surface area contributed by atoms with Crippen LogP contribution in [0.4, 0.5) is 0 Å². The molecule has 15 heavy (non-hydrogen) atoms. The Hall–Kier alpha value is -0.570. The van der Waals surface area contributed by atoms with E-state index in [0.29, 0.717) is 0 Å². The molecule has 0 heterocycles. The quantitative estimate of drug-likeness (QED) is 0.835. The molecule has 0 aliphatic heterocycles. The standard InChI is InChI=1S/C12H18ClNO/c1-9(15-3)12(14-2)8-10-6-4-5-7-11(10)13/h4-7,9,12,14H,8H2,1-3H3. The third kappa shape index (κ3) is 3.49. The molecular formula is C12H18ClNO. The number of rotatable bonds is 5. The summed E-state index contributed by atoms with van der Waals surface area (Å²) in [6.07, 6.45) is 1.05. The molecule has 1 N–H and O–H groups in total. The van der Waals surface area contributed by atoms with Gasteiger partial charge in [0.05, 0.1) is 6.10 Å². The normalized spacial score (nSPS) is 14.9. The third-order valence-corrected chi connectivity index (χ3v) is 3.08. The second kappa shape index (κ2) is 6.11. The molecule has 0 bridgehead atoms. The Balaban J connectivity index is 2.71. The van der Waals surface area contributed by atoms with E-state index < -0.39 is 0 Å². The monoisotopic (exact) mass is 227 g/mol. The molecule has 84 valence electrons. The van der Waals surface area contributed by atoms with Crippen LogP contribution in [0.1, 0.15) is 12.5 Å². The van der Waals surface area contributed by atoms with Crippen molar-refractivity contribution >= 4 is 11.6 Å². The first-order valence-electron chi connectivity index (χ1n) is 5.12. The molecular weight excluding hydrogens is 210 g/mol. The number of hydrogen-bond donors (Lipinski definition) is 1. The lowest BCUT2D eigenvalue weighted by molar-refractivity contribution is 0.0857. The van der Waals surface area contributed by atoms with Gasteiger partial charge in [0.15, 0.2) is 0 Å². The van der Waals surface area contributed by atoms with Gasteiger partial charge in [0.25, 0.3) is 0 Å². The van der Waals surface area contributed by atoms with Crippen molar-refractivity contribution in [2.24, 2.45) is 0 Å². The highest BCUT2D eigenvalue weighted by Crippen LogP contribution is 2.17. The molecule has 2 unspecified atom stereocenters. The Morgan fingerprint density at radius 2 is 2.07 bits per heavy atom. The van der Waals surface area contributed by atoms with E-state index in [9.17, 15) is 0 Å². The molecule has 0 amide bonds. The summed E-state index contributed by atoms with van der Waals surface area (Å²) in [5.74, 6) is 0. The first-order valence-corrected chi connectivity index (χ1v) is 5.50. The van der Waals surface area contributed by atoms with E-state index in [4.69, 9.17) is 16.3 Å². The summed E-state index contributed by atoms with van der Waals surface area (Å²) in [6.45, 7) is 2.05. The van der Waals surface area contributed by atoms with Crippen molar-refractivity contribution < 1.29 is 4.74 Å². The molecule has 0 radical (unpaired) electrons. The zero-order valence-corrected chi connectivity index (χ0v) is 10.2. The minimum atomic E-state index is 0.172. The van der Waals surface area contributed by atoms with Gasteiger partial charge in [-0.05, 0) is 32.0 Å². The van der Waals surface area contributed by atoms with Gasteiger partial charge in [0, 0.05) is 18.2 Å². The van der Waals surface area contributed by atoms with Gasteiger partial charge in [-0.3, -0.25) is 0 Å². The van der Waals surface area contributed by atoms with Crippen LogP contribution in [0.5, 0.6) is 0 Å². The number of ether oxygens (including phenoxy) is 1. The number of nitrogens with one attached hydrogen (secondary N) is 1. The van der Waals surface area contributed by atoms with Gasteiger partial charge in [-0.15, -0.1) is 0 Å². The fraction of sp³-hybridized carbons (Fsp3) is 0.500. The molecule has 2 nitrogen and oxygen atoms in total. The Bertz CT molecular complexity index is 303. The van der Waals surface area contributed by atoms with Crippen LogP contribution in [0.25, 0.3) is 0 Å². The minimum Gasteiger partial charge on any atom is -0.380 e. The molecule has 1 aromatic carbocycles. The summed E-state index contributed by atoms with van der Waals surface area (Å²) in [5, 5.41) is 4.07. The average Bonchev–Trinajstić information content (AvgIpc) is 2.27. The first-order chi connectivity index (χ1) is 7.19. The Kier molecular flexibility index (Phi) is 5.09. The highest BCUT2D eigenvalue weighted by Gasteiger charge is 2.16. The van der Waals surface area contributed by atoms with E-state index in [1.54, 1.807) is 7.11 Å². The molecule has 0 aliphatic carbocycles. The van der Waals surface area contributed by atoms with Crippen LogP contribution in [-0.2, 0) is 11.2 Å². The van der Waals surface area contributed by atoms with Crippen molar-refractivity contribution in [2.75, 3.05) is 14.2 Å². The predicted molar refractivity (Wildman–Crippen MR) is 64.5 cm³/mol. The fourth-order valence-corrected chi connectivity index (χ4v) is 1.78. The molecule has 2 atom stereocenters. The Morgan fingerprint density at radius 3 is 2.60 bits per heavy atom. The highest BCUT2D eigenvalue weighted by atomic mass is 35.5. The van der Waals surface area contributed by atoms with Crippen molar-refractivity contribution in [3.8, 4) is 0 Å². The van der Waals surface area contributed by atoms with Gasteiger partial charge in [0.1, 0.15) is 0 Å². The molecule has 0 spiro atoms. The molecule has 0 saturated heterocycles. The first kappa shape index (κ1) is 12.5. The van der Waals surface area contributed by atoms with Gasteiger partial charge in [-0.2, -0.15) is 0 Å². The molecule has 0 aromatic heterocycles. The van der Waals surface area contributed by atoms with Gasteiger partial charge in [-0.1, -0.05) is 29.8 Å². The number of halogens is 1. The molecule has 0 fully saturated rings.